The van der Waals surface area contributed by atoms with Crippen molar-refractivity contribution < 1.29 is 0 Å². The number of rotatable bonds is 5. The Bertz CT molecular complexity index is 519. The highest BCUT2D eigenvalue weighted by molar-refractivity contribution is 9.10. The van der Waals surface area contributed by atoms with E-state index in [4.69, 9.17) is 11.6 Å². The van der Waals surface area contributed by atoms with E-state index >= 15 is 0 Å². The first-order valence-corrected chi connectivity index (χ1v) is 7.78. The Hall–Kier alpha value is -0.640. The summed E-state index contributed by atoms with van der Waals surface area (Å²) >= 11 is 11.3. The van der Waals surface area contributed by atoms with Crippen molar-refractivity contribution in [3.8, 4) is 0 Å². The van der Waals surface area contributed by atoms with E-state index in [2.05, 4.69) is 39.4 Å². The summed E-state index contributed by atoms with van der Waals surface area (Å²) in [5, 5.41) is 4.12. The predicted octanol–water partition coefficient (Wildman–Crippen LogP) is 5.31. The molecule has 2 rings (SSSR count). The van der Waals surface area contributed by atoms with Gasteiger partial charge >= 0.3 is 0 Å². The molecule has 1 nitrogen and oxygen atoms in total. The molecule has 18 heavy (non-hydrogen) atoms. The number of benzene rings is 2. The molecule has 0 aromatic heterocycles. The monoisotopic (exact) mass is 341 g/mol. The summed E-state index contributed by atoms with van der Waals surface area (Å²) in [5.74, 6) is 1.01. The van der Waals surface area contributed by atoms with E-state index in [1.54, 1.807) is 0 Å². The van der Waals surface area contributed by atoms with E-state index in [1.807, 2.05) is 42.1 Å². The first-order valence-electron chi connectivity index (χ1n) is 5.62. The molecule has 2 aromatic rings. The second-order valence-electron chi connectivity index (χ2n) is 3.72. The minimum atomic E-state index is 0.762. The maximum Gasteiger partial charge on any atom is 0.0426 e. The van der Waals surface area contributed by atoms with Gasteiger partial charge in [-0.05, 0) is 46.3 Å². The molecular weight excluding hydrogens is 330 g/mol. The van der Waals surface area contributed by atoms with Crippen LogP contribution >= 0.6 is 39.3 Å². The second-order valence-corrected chi connectivity index (χ2v) is 6.14. The zero-order valence-corrected chi connectivity index (χ0v) is 12.9. The fraction of sp³-hybridized carbons (Fsp3) is 0.143. The molecule has 2 aromatic carbocycles. The van der Waals surface area contributed by atoms with E-state index in [0.717, 1.165) is 27.5 Å². The fourth-order valence-corrected chi connectivity index (χ4v) is 3.14. The quantitative estimate of drug-likeness (QED) is 0.584. The lowest BCUT2D eigenvalue weighted by Gasteiger charge is -2.07. The van der Waals surface area contributed by atoms with Crippen LogP contribution in [0, 0.1) is 0 Å². The van der Waals surface area contributed by atoms with Crippen LogP contribution in [0.3, 0.4) is 0 Å². The van der Waals surface area contributed by atoms with Crippen molar-refractivity contribution >= 4 is 45.0 Å². The molecule has 0 bridgehead atoms. The Morgan fingerprint density at radius 1 is 1.11 bits per heavy atom. The van der Waals surface area contributed by atoms with E-state index in [0.29, 0.717) is 0 Å². The van der Waals surface area contributed by atoms with Gasteiger partial charge in [-0.25, -0.2) is 0 Å². The van der Waals surface area contributed by atoms with Crippen molar-refractivity contribution in [2.45, 2.75) is 4.90 Å². The normalized spacial score (nSPS) is 10.3. The van der Waals surface area contributed by atoms with Crippen LogP contribution in [0.5, 0.6) is 0 Å². The predicted molar refractivity (Wildman–Crippen MR) is 84.8 cm³/mol. The molecule has 0 heterocycles. The molecule has 0 aliphatic rings. The zero-order valence-electron chi connectivity index (χ0n) is 9.70. The molecule has 4 heteroatoms. The minimum Gasteiger partial charge on any atom is -0.384 e. The van der Waals surface area contributed by atoms with Gasteiger partial charge in [-0.1, -0.05) is 29.8 Å². The second kappa shape index (κ2) is 7.07. The fourth-order valence-electron chi connectivity index (χ4n) is 1.52. The van der Waals surface area contributed by atoms with Gasteiger partial charge in [-0.3, -0.25) is 0 Å². The first-order chi connectivity index (χ1) is 8.75. The average molecular weight is 343 g/mol. The average Bonchev–Trinajstić information content (AvgIpc) is 2.37. The largest absolute Gasteiger partial charge is 0.384 e. The van der Waals surface area contributed by atoms with Crippen molar-refractivity contribution in [2.24, 2.45) is 0 Å². The van der Waals surface area contributed by atoms with Crippen molar-refractivity contribution in [1.82, 2.24) is 0 Å². The molecule has 1 N–H and O–H groups in total. The lowest BCUT2D eigenvalue weighted by molar-refractivity contribution is 1.22. The van der Waals surface area contributed by atoms with E-state index in [-0.39, 0.29) is 0 Å². The Morgan fingerprint density at radius 3 is 2.72 bits per heavy atom. The lowest BCUT2D eigenvalue weighted by Crippen LogP contribution is -2.03. The Kier molecular flexibility index (Phi) is 5.42. The van der Waals surface area contributed by atoms with Gasteiger partial charge in [-0.15, -0.1) is 11.8 Å². The zero-order chi connectivity index (χ0) is 12.8. The van der Waals surface area contributed by atoms with Gasteiger partial charge in [0, 0.05) is 32.4 Å². The van der Waals surface area contributed by atoms with Crippen LogP contribution in [0.15, 0.2) is 57.9 Å². The first kappa shape index (κ1) is 13.8. The van der Waals surface area contributed by atoms with Crippen molar-refractivity contribution in [3.05, 3.63) is 58.0 Å². The van der Waals surface area contributed by atoms with Crippen LogP contribution in [0.1, 0.15) is 0 Å². The molecule has 0 radical (unpaired) electrons. The van der Waals surface area contributed by atoms with E-state index in [9.17, 15) is 0 Å². The third-order valence-corrected chi connectivity index (χ3v) is 4.61. The summed E-state index contributed by atoms with van der Waals surface area (Å²) in [7, 11) is 0. The van der Waals surface area contributed by atoms with Crippen molar-refractivity contribution in [2.75, 3.05) is 17.6 Å². The summed E-state index contributed by atoms with van der Waals surface area (Å²) in [6, 6.07) is 16.0. The highest BCUT2D eigenvalue weighted by Gasteiger charge is 1.99. The van der Waals surface area contributed by atoms with Gasteiger partial charge in [0.2, 0.25) is 0 Å². The van der Waals surface area contributed by atoms with Crippen LogP contribution in [0.2, 0.25) is 5.02 Å². The molecule has 0 amide bonds. The molecule has 0 aliphatic carbocycles. The molecular formula is C14H13BrClNS. The minimum absolute atomic E-state index is 0.762. The maximum absolute atomic E-state index is 5.92. The standard InChI is InChI=1S/C14H13BrClNS/c15-13-6-1-2-7-14(13)18-9-8-17-12-5-3-4-11(16)10-12/h1-7,10,17H,8-9H2. The molecule has 0 aliphatic heterocycles. The lowest BCUT2D eigenvalue weighted by atomic mass is 10.3. The van der Waals surface area contributed by atoms with Crippen LogP contribution in [0.4, 0.5) is 5.69 Å². The summed E-state index contributed by atoms with van der Waals surface area (Å²) < 4.78 is 1.15. The van der Waals surface area contributed by atoms with Gasteiger partial charge in [0.15, 0.2) is 0 Å². The van der Waals surface area contributed by atoms with E-state index < -0.39 is 0 Å². The number of halogens is 2. The Morgan fingerprint density at radius 2 is 1.94 bits per heavy atom. The maximum atomic E-state index is 5.92. The summed E-state index contributed by atoms with van der Waals surface area (Å²) in [6.45, 7) is 0.909. The number of anilines is 1. The number of hydrogen-bond donors (Lipinski definition) is 1. The van der Waals surface area contributed by atoms with Crippen LogP contribution < -0.4 is 5.32 Å². The summed E-state index contributed by atoms with van der Waals surface area (Å²) in [6.07, 6.45) is 0. The Labute approximate surface area is 125 Å². The van der Waals surface area contributed by atoms with Crippen molar-refractivity contribution in [1.29, 1.82) is 0 Å². The number of nitrogens with one attached hydrogen (secondary N) is 1. The van der Waals surface area contributed by atoms with Gasteiger partial charge in [0.05, 0.1) is 0 Å². The van der Waals surface area contributed by atoms with Crippen LogP contribution in [-0.4, -0.2) is 12.3 Å². The SMILES string of the molecule is Clc1cccc(NCCSc2ccccc2Br)c1. The summed E-state index contributed by atoms with van der Waals surface area (Å²) in [4.78, 5) is 1.27. The molecule has 0 saturated heterocycles. The van der Waals surface area contributed by atoms with Gasteiger partial charge in [0.1, 0.15) is 0 Å². The molecule has 0 fully saturated rings. The van der Waals surface area contributed by atoms with Crippen molar-refractivity contribution in [3.63, 3.8) is 0 Å². The van der Waals surface area contributed by atoms with Gasteiger partial charge < -0.3 is 5.32 Å². The number of hydrogen-bond acceptors (Lipinski definition) is 2. The third-order valence-electron chi connectivity index (χ3n) is 2.35. The topological polar surface area (TPSA) is 12.0 Å². The third kappa shape index (κ3) is 4.23. The summed E-state index contributed by atoms with van der Waals surface area (Å²) in [5.41, 5.74) is 1.07. The van der Waals surface area contributed by atoms with Crippen LogP contribution in [-0.2, 0) is 0 Å². The van der Waals surface area contributed by atoms with Gasteiger partial charge in [-0.2, -0.15) is 0 Å². The molecule has 0 spiro atoms. The molecule has 0 saturated carbocycles. The molecule has 0 atom stereocenters. The van der Waals surface area contributed by atoms with Crippen LogP contribution in [0.25, 0.3) is 0 Å². The Balaban J connectivity index is 1.78. The highest BCUT2D eigenvalue weighted by atomic mass is 79.9. The van der Waals surface area contributed by atoms with Gasteiger partial charge in [0.25, 0.3) is 0 Å². The molecule has 94 valence electrons. The smallest absolute Gasteiger partial charge is 0.0426 e. The van der Waals surface area contributed by atoms with E-state index in [1.165, 1.54) is 4.90 Å². The highest BCUT2D eigenvalue weighted by Crippen LogP contribution is 2.26. The number of thioether (sulfide) groups is 1. The molecule has 0 unspecified atom stereocenters.